The van der Waals surface area contributed by atoms with E-state index in [0.29, 0.717) is 0 Å². The van der Waals surface area contributed by atoms with Crippen LogP contribution < -0.4 is 5.32 Å². The number of likely N-dealkylation sites (tertiary alicyclic amines) is 1. The van der Waals surface area contributed by atoms with Gasteiger partial charge in [-0.05, 0) is 51.5 Å². The molecule has 0 aliphatic carbocycles. The number of piperidine rings is 1. The molecule has 0 saturated carbocycles. The maximum Gasteiger partial charge on any atom is 0.0206 e. The lowest BCUT2D eigenvalue weighted by molar-refractivity contribution is 0.163. The molecule has 0 bridgehead atoms. The van der Waals surface area contributed by atoms with Crippen molar-refractivity contribution >= 4 is 0 Å². The fourth-order valence-electron chi connectivity index (χ4n) is 2.97. The minimum atomic E-state index is 0.901. The average molecular weight is 275 g/mol. The van der Waals surface area contributed by atoms with Crippen molar-refractivity contribution in [3.63, 3.8) is 0 Å². The van der Waals surface area contributed by atoms with Gasteiger partial charge in [0, 0.05) is 26.2 Å². The van der Waals surface area contributed by atoms with Gasteiger partial charge in [0.15, 0.2) is 0 Å². The topological polar surface area (TPSA) is 18.5 Å². The summed E-state index contributed by atoms with van der Waals surface area (Å²) in [6, 6.07) is 10.6. The summed E-state index contributed by atoms with van der Waals surface area (Å²) >= 11 is 0. The molecule has 1 aliphatic heterocycles. The summed E-state index contributed by atoms with van der Waals surface area (Å²) in [7, 11) is 4.36. The van der Waals surface area contributed by atoms with Crippen LogP contribution in [0.1, 0.15) is 18.4 Å². The van der Waals surface area contributed by atoms with Gasteiger partial charge in [0.05, 0.1) is 0 Å². The summed E-state index contributed by atoms with van der Waals surface area (Å²) in [5.74, 6) is 0.901. The Balaban J connectivity index is 1.55. The van der Waals surface area contributed by atoms with Gasteiger partial charge in [0.25, 0.3) is 0 Å². The van der Waals surface area contributed by atoms with Gasteiger partial charge in [-0.15, -0.1) is 0 Å². The number of nitrogens with one attached hydrogen (secondary N) is 1. The fourth-order valence-corrected chi connectivity index (χ4v) is 2.97. The molecule has 3 heteroatoms. The van der Waals surface area contributed by atoms with E-state index in [4.69, 9.17) is 0 Å². The second-order valence-corrected chi connectivity index (χ2v) is 6.21. The van der Waals surface area contributed by atoms with E-state index in [1.165, 1.54) is 44.6 Å². The van der Waals surface area contributed by atoms with Gasteiger partial charge >= 0.3 is 0 Å². The molecule has 1 heterocycles. The molecule has 1 saturated heterocycles. The Kier molecular flexibility index (Phi) is 6.51. The highest BCUT2D eigenvalue weighted by molar-refractivity contribution is 5.14. The van der Waals surface area contributed by atoms with Gasteiger partial charge in [-0.3, -0.25) is 0 Å². The van der Waals surface area contributed by atoms with E-state index in [1.54, 1.807) is 0 Å². The van der Waals surface area contributed by atoms with Gasteiger partial charge in [-0.1, -0.05) is 30.3 Å². The summed E-state index contributed by atoms with van der Waals surface area (Å²) in [6.45, 7) is 7.05. The predicted molar refractivity (Wildman–Crippen MR) is 85.9 cm³/mol. The summed E-state index contributed by atoms with van der Waals surface area (Å²) in [5.41, 5.74) is 1.37. The average Bonchev–Trinajstić information content (AvgIpc) is 2.46. The van der Waals surface area contributed by atoms with Crippen LogP contribution in [-0.2, 0) is 6.54 Å². The lowest BCUT2D eigenvalue weighted by Crippen LogP contribution is -2.40. The van der Waals surface area contributed by atoms with Crippen LogP contribution in [0, 0.1) is 5.92 Å². The first-order valence-corrected chi connectivity index (χ1v) is 7.86. The van der Waals surface area contributed by atoms with E-state index in [1.807, 2.05) is 0 Å². The van der Waals surface area contributed by atoms with Gasteiger partial charge in [-0.2, -0.15) is 0 Å². The van der Waals surface area contributed by atoms with Crippen LogP contribution in [0.2, 0.25) is 0 Å². The highest BCUT2D eigenvalue weighted by atomic mass is 15.1. The third-order valence-corrected chi connectivity index (χ3v) is 4.11. The van der Waals surface area contributed by atoms with Gasteiger partial charge in [0.1, 0.15) is 0 Å². The van der Waals surface area contributed by atoms with E-state index < -0.39 is 0 Å². The first-order valence-electron chi connectivity index (χ1n) is 7.86. The number of hydrogen-bond acceptors (Lipinski definition) is 3. The summed E-state index contributed by atoms with van der Waals surface area (Å²) in [6.07, 6.45) is 2.72. The lowest BCUT2D eigenvalue weighted by Gasteiger charge is -2.33. The Hall–Kier alpha value is -0.900. The molecule has 0 aromatic heterocycles. The van der Waals surface area contributed by atoms with Crippen LogP contribution in [0.25, 0.3) is 0 Å². The highest BCUT2D eigenvalue weighted by Gasteiger charge is 2.18. The molecule has 1 aliphatic rings. The molecular weight excluding hydrogens is 246 g/mol. The Morgan fingerprint density at radius 2 is 1.85 bits per heavy atom. The molecular formula is C17H29N3. The van der Waals surface area contributed by atoms with E-state index in [9.17, 15) is 0 Å². The molecule has 0 amide bonds. The summed E-state index contributed by atoms with van der Waals surface area (Å²) in [4.78, 5) is 4.92. The van der Waals surface area contributed by atoms with E-state index >= 15 is 0 Å². The van der Waals surface area contributed by atoms with E-state index in [2.05, 4.69) is 59.5 Å². The van der Waals surface area contributed by atoms with Crippen molar-refractivity contribution in [3.8, 4) is 0 Å². The number of rotatable bonds is 7. The standard InChI is InChI=1S/C17H29N3/c1-19(2)15-17-8-11-20(12-9-17)13-10-18-14-16-6-4-3-5-7-16/h3-7,17-18H,8-15H2,1-2H3. The van der Waals surface area contributed by atoms with Crippen LogP contribution >= 0.6 is 0 Å². The smallest absolute Gasteiger partial charge is 0.0206 e. The van der Waals surface area contributed by atoms with Crippen LogP contribution in [0.4, 0.5) is 0 Å². The van der Waals surface area contributed by atoms with Crippen molar-refractivity contribution in [3.05, 3.63) is 35.9 Å². The first-order chi connectivity index (χ1) is 9.74. The Labute approximate surface area is 124 Å². The van der Waals surface area contributed by atoms with Crippen LogP contribution in [0.15, 0.2) is 30.3 Å². The molecule has 1 aromatic rings. The maximum atomic E-state index is 3.54. The van der Waals surface area contributed by atoms with Crippen molar-refractivity contribution < 1.29 is 0 Å². The zero-order chi connectivity index (χ0) is 14.2. The molecule has 1 fully saturated rings. The zero-order valence-corrected chi connectivity index (χ0v) is 13.0. The molecule has 20 heavy (non-hydrogen) atoms. The van der Waals surface area contributed by atoms with Crippen molar-refractivity contribution in [1.82, 2.24) is 15.1 Å². The van der Waals surface area contributed by atoms with Crippen LogP contribution in [-0.4, -0.2) is 56.6 Å². The molecule has 112 valence electrons. The van der Waals surface area contributed by atoms with Crippen LogP contribution in [0.3, 0.4) is 0 Å². The van der Waals surface area contributed by atoms with Crippen molar-refractivity contribution in [2.75, 3.05) is 46.8 Å². The van der Waals surface area contributed by atoms with Gasteiger partial charge < -0.3 is 15.1 Å². The third kappa shape index (κ3) is 5.61. The Bertz CT molecular complexity index is 356. The molecule has 0 spiro atoms. The van der Waals surface area contributed by atoms with E-state index in [-0.39, 0.29) is 0 Å². The second kappa shape index (κ2) is 8.40. The monoisotopic (exact) mass is 275 g/mol. The molecule has 1 N–H and O–H groups in total. The minimum absolute atomic E-state index is 0.901. The Morgan fingerprint density at radius 3 is 2.50 bits per heavy atom. The SMILES string of the molecule is CN(C)CC1CCN(CCNCc2ccccc2)CC1. The summed E-state index contributed by atoms with van der Waals surface area (Å²) < 4.78 is 0. The van der Waals surface area contributed by atoms with Crippen molar-refractivity contribution in [2.24, 2.45) is 5.92 Å². The summed E-state index contributed by atoms with van der Waals surface area (Å²) in [5, 5.41) is 3.54. The first kappa shape index (κ1) is 15.5. The Morgan fingerprint density at radius 1 is 1.15 bits per heavy atom. The van der Waals surface area contributed by atoms with Crippen molar-refractivity contribution in [1.29, 1.82) is 0 Å². The molecule has 1 aromatic carbocycles. The zero-order valence-electron chi connectivity index (χ0n) is 13.0. The molecule has 0 radical (unpaired) electrons. The van der Waals surface area contributed by atoms with Gasteiger partial charge in [0.2, 0.25) is 0 Å². The molecule has 0 atom stereocenters. The minimum Gasteiger partial charge on any atom is -0.311 e. The number of benzene rings is 1. The van der Waals surface area contributed by atoms with Gasteiger partial charge in [-0.25, -0.2) is 0 Å². The highest BCUT2D eigenvalue weighted by Crippen LogP contribution is 2.17. The van der Waals surface area contributed by atoms with Crippen molar-refractivity contribution in [2.45, 2.75) is 19.4 Å². The number of hydrogen-bond donors (Lipinski definition) is 1. The van der Waals surface area contributed by atoms with Crippen LogP contribution in [0.5, 0.6) is 0 Å². The third-order valence-electron chi connectivity index (χ3n) is 4.11. The molecule has 0 unspecified atom stereocenters. The quantitative estimate of drug-likeness (QED) is 0.768. The van der Waals surface area contributed by atoms with E-state index in [0.717, 1.165) is 19.0 Å². The fraction of sp³-hybridized carbons (Fsp3) is 0.647. The normalized spacial score (nSPS) is 17.8. The lowest BCUT2D eigenvalue weighted by atomic mass is 9.96. The maximum absolute atomic E-state index is 3.54. The predicted octanol–water partition coefficient (Wildman–Crippen LogP) is 2.05. The molecule has 3 nitrogen and oxygen atoms in total. The largest absolute Gasteiger partial charge is 0.311 e. The second-order valence-electron chi connectivity index (χ2n) is 6.21. The molecule has 2 rings (SSSR count). The number of nitrogens with zero attached hydrogens (tertiary/aromatic N) is 2.